The van der Waals surface area contributed by atoms with Crippen LogP contribution in [-0.2, 0) is 10.8 Å². The first-order valence-corrected chi connectivity index (χ1v) is 7.66. The van der Waals surface area contributed by atoms with Gasteiger partial charge in [0, 0.05) is 29.8 Å². The normalized spacial score (nSPS) is 14.0. The summed E-state index contributed by atoms with van der Waals surface area (Å²) in [5.74, 6) is 1.30. The number of aliphatic imine (C=N–C) groups is 1. The van der Waals surface area contributed by atoms with Crippen LogP contribution in [0.3, 0.4) is 0 Å². The molecule has 0 aliphatic heterocycles. The number of nitrogens with zero attached hydrogens (tertiary/aromatic N) is 1. The molecule has 1 rings (SSSR count). The average molecular weight is 281 g/mol. The lowest BCUT2D eigenvalue weighted by atomic mass is 10.1. The summed E-state index contributed by atoms with van der Waals surface area (Å²) in [4.78, 5) is 5.00. The molecule has 1 aromatic rings. The standard InChI is InChI=1S/C14H23N3OS/c1-14(2,3)17-13(15-4)16-10-11-19(18)12-8-6-5-7-9-12/h5-9H,10-11H2,1-4H3,(H2,15,16,17). The maximum Gasteiger partial charge on any atom is 0.191 e. The van der Waals surface area contributed by atoms with E-state index in [1.165, 1.54) is 0 Å². The van der Waals surface area contributed by atoms with Gasteiger partial charge in [0.25, 0.3) is 0 Å². The molecule has 1 atom stereocenters. The van der Waals surface area contributed by atoms with Gasteiger partial charge in [-0.05, 0) is 32.9 Å². The molecular formula is C14H23N3OS. The summed E-state index contributed by atoms with van der Waals surface area (Å²) >= 11 is 0. The molecule has 2 N–H and O–H groups in total. The van der Waals surface area contributed by atoms with Crippen LogP contribution in [0.2, 0.25) is 0 Å². The van der Waals surface area contributed by atoms with Crippen molar-refractivity contribution in [1.29, 1.82) is 0 Å². The zero-order valence-corrected chi connectivity index (χ0v) is 12.9. The summed E-state index contributed by atoms with van der Waals surface area (Å²) in [6.45, 7) is 6.84. The van der Waals surface area contributed by atoms with Gasteiger partial charge < -0.3 is 10.6 Å². The zero-order valence-electron chi connectivity index (χ0n) is 12.1. The van der Waals surface area contributed by atoms with E-state index < -0.39 is 10.8 Å². The summed E-state index contributed by atoms with van der Waals surface area (Å²) in [6.07, 6.45) is 0. The van der Waals surface area contributed by atoms with Crippen molar-refractivity contribution in [2.45, 2.75) is 31.2 Å². The predicted molar refractivity (Wildman–Crippen MR) is 82.0 cm³/mol. The van der Waals surface area contributed by atoms with Crippen molar-refractivity contribution in [3.8, 4) is 0 Å². The van der Waals surface area contributed by atoms with Gasteiger partial charge in [-0.25, -0.2) is 0 Å². The summed E-state index contributed by atoms with van der Waals surface area (Å²) in [5.41, 5.74) is -0.0412. The van der Waals surface area contributed by atoms with Gasteiger partial charge in [0.2, 0.25) is 0 Å². The van der Waals surface area contributed by atoms with Crippen LogP contribution in [0.1, 0.15) is 20.8 Å². The first kappa shape index (κ1) is 15.7. The molecule has 0 bridgehead atoms. The van der Waals surface area contributed by atoms with E-state index in [1.54, 1.807) is 7.05 Å². The monoisotopic (exact) mass is 281 g/mol. The van der Waals surface area contributed by atoms with E-state index in [0.29, 0.717) is 12.3 Å². The third-order valence-electron chi connectivity index (χ3n) is 2.30. The fraction of sp³-hybridized carbons (Fsp3) is 0.500. The van der Waals surface area contributed by atoms with E-state index in [4.69, 9.17) is 0 Å². The average Bonchev–Trinajstić information content (AvgIpc) is 2.37. The molecule has 0 spiro atoms. The van der Waals surface area contributed by atoms with Crippen LogP contribution in [0.25, 0.3) is 0 Å². The Balaban J connectivity index is 2.40. The van der Waals surface area contributed by atoms with Gasteiger partial charge in [0.05, 0.1) is 10.8 Å². The number of benzene rings is 1. The Morgan fingerprint density at radius 3 is 2.42 bits per heavy atom. The van der Waals surface area contributed by atoms with Gasteiger partial charge in [0.1, 0.15) is 0 Å². The largest absolute Gasteiger partial charge is 0.355 e. The maximum atomic E-state index is 12.0. The number of guanidine groups is 1. The Hall–Kier alpha value is -1.36. The summed E-state index contributed by atoms with van der Waals surface area (Å²) < 4.78 is 12.0. The Morgan fingerprint density at radius 1 is 1.26 bits per heavy atom. The Bertz CT molecular complexity index is 438. The van der Waals surface area contributed by atoms with Crippen molar-refractivity contribution in [3.05, 3.63) is 30.3 Å². The topological polar surface area (TPSA) is 53.5 Å². The number of nitrogens with one attached hydrogen (secondary N) is 2. The van der Waals surface area contributed by atoms with E-state index >= 15 is 0 Å². The highest BCUT2D eigenvalue weighted by Gasteiger charge is 2.11. The second-order valence-electron chi connectivity index (χ2n) is 5.24. The maximum absolute atomic E-state index is 12.0. The minimum Gasteiger partial charge on any atom is -0.355 e. The molecule has 0 saturated heterocycles. The molecule has 0 heterocycles. The van der Waals surface area contributed by atoms with Crippen LogP contribution < -0.4 is 10.6 Å². The molecule has 0 saturated carbocycles. The first-order chi connectivity index (χ1) is 8.92. The van der Waals surface area contributed by atoms with Gasteiger partial charge in [0.15, 0.2) is 5.96 Å². The molecule has 106 valence electrons. The van der Waals surface area contributed by atoms with Gasteiger partial charge in [-0.1, -0.05) is 18.2 Å². The molecule has 0 amide bonds. The number of hydrogen-bond donors (Lipinski definition) is 2. The highest BCUT2D eigenvalue weighted by atomic mass is 32.2. The Labute approximate surface area is 118 Å². The molecule has 5 heteroatoms. The quantitative estimate of drug-likeness (QED) is 0.653. The van der Waals surface area contributed by atoms with E-state index in [9.17, 15) is 4.21 Å². The summed E-state index contributed by atoms with van der Waals surface area (Å²) in [5, 5.41) is 6.43. The molecule has 19 heavy (non-hydrogen) atoms. The highest BCUT2D eigenvalue weighted by molar-refractivity contribution is 7.85. The van der Waals surface area contributed by atoms with Crippen molar-refractivity contribution in [3.63, 3.8) is 0 Å². The number of hydrogen-bond acceptors (Lipinski definition) is 2. The third kappa shape index (κ3) is 6.38. The molecular weight excluding hydrogens is 258 g/mol. The molecule has 0 aromatic heterocycles. The molecule has 0 radical (unpaired) electrons. The van der Waals surface area contributed by atoms with Crippen LogP contribution in [-0.4, -0.2) is 35.1 Å². The molecule has 4 nitrogen and oxygen atoms in total. The SMILES string of the molecule is CN=C(NCCS(=O)c1ccccc1)NC(C)(C)C. The second-order valence-corrected chi connectivity index (χ2v) is 6.81. The van der Waals surface area contributed by atoms with Crippen LogP contribution >= 0.6 is 0 Å². The van der Waals surface area contributed by atoms with Gasteiger partial charge in [-0.2, -0.15) is 0 Å². The first-order valence-electron chi connectivity index (χ1n) is 6.34. The van der Waals surface area contributed by atoms with Crippen molar-refractivity contribution >= 4 is 16.8 Å². The van der Waals surface area contributed by atoms with Crippen LogP contribution in [0.4, 0.5) is 0 Å². The smallest absolute Gasteiger partial charge is 0.191 e. The molecule has 0 aliphatic carbocycles. The lowest BCUT2D eigenvalue weighted by molar-refractivity contribution is 0.502. The minimum absolute atomic E-state index is 0.0412. The van der Waals surface area contributed by atoms with E-state index in [1.807, 2.05) is 30.3 Å². The van der Waals surface area contributed by atoms with Crippen LogP contribution in [0.15, 0.2) is 40.2 Å². The predicted octanol–water partition coefficient (Wildman–Crippen LogP) is 1.76. The molecule has 1 aromatic carbocycles. The number of rotatable bonds is 4. The minimum atomic E-state index is -0.970. The third-order valence-corrected chi connectivity index (χ3v) is 3.68. The van der Waals surface area contributed by atoms with Gasteiger partial charge in [-0.3, -0.25) is 9.20 Å². The van der Waals surface area contributed by atoms with E-state index in [0.717, 1.165) is 10.9 Å². The Kier molecular flexibility index (Phi) is 6.02. The van der Waals surface area contributed by atoms with Crippen LogP contribution in [0.5, 0.6) is 0 Å². The summed E-state index contributed by atoms with van der Waals surface area (Å²) in [6, 6.07) is 9.51. The fourth-order valence-corrected chi connectivity index (χ4v) is 2.47. The van der Waals surface area contributed by atoms with Crippen molar-refractivity contribution in [1.82, 2.24) is 10.6 Å². The van der Waals surface area contributed by atoms with Crippen molar-refractivity contribution in [2.75, 3.05) is 19.3 Å². The highest BCUT2D eigenvalue weighted by Crippen LogP contribution is 2.04. The second kappa shape index (κ2) is 7.28. The Morgan fingerprint density at radius 2 is 1.89 bits per heavy atom. The van der Waals surface area contributed by atoms with Gasteiger partial charge >= 0.3 is 0 Å². The van der Waals surface area contributed by atoms with Crippen molar-refractivity contribution in [2.24, 2.45) is 4.99 Å². The molecule has 1 unspecified atom stereocenters. The van der Waals surface area contributed by atoms with Gasteiger partial charge in [-0.15, -0.1) is 0 Å². The summed E-state index contributed by atoms with van der Waals surface area (Å²) in [7, 11) is 0.761. The van der Waals surface area contributed by atoms with E-state index in [-0.39, 0.29) is 5.54 Å². The van der Waals surface area contributed by atoms with Crippen LogP contribution in [0, 0.1) is 0 Å². The van der Waals surface area contributed by atoms with Crippen molar-refractivity contribution < 1.29 is 4.21 Å². The molecule has 0 fully saturated rings. The zero-order chi connectivity index (χ0) is 14.3. The lowest BCUT2D eigenvalue weighted by Gasteiger charge is -2.23. The fourth-order valence-electron chi connectivity index (χ4n) is 1.49. The lowest BCUT2D eigenvalue weighted by Crippen LogP contribution is -2.48. The molecule has 0 aliphatic rings. The van der Waals surface area contributed by atoms with E-state index in [2.05, 4.69) is 36.4 Å².